The maximum Gasteiger partial charge on any atom is 0.160 e. The lowest BCUT2D eigenvalue weighted by atomic mass is 9.97. The van der Waals surface area contributed by atoms with Gasteiger partial charge in [-0.15, -0.1) is 0 Å². The number of fused-ring (bicyclic) bond motifs is 5. The number of amidine groups is 2. The van der Waals surface area contributed by atoms with Gasteiger partial charge in [0.05, 0.1) is 0 Å². The average molecular weight is 654 g/mol. The molecule has 1 aliphatic rings. The van der Waals surface area contributed by atoms with E-state index in [1.807, 2.05) is 18.2 Å². The molecular weight excluding hydrogens is 623 g/mol. The molecule has 9 aromatic rings. The minimum atomic E-state index is -0.352. The lowest BCUT2D eigenvalue weighted by Gasteiger charge is -2.24. The van der Waals surface area contributed by atoms with Crippen LogP contribution in [0.4, 0.5) is 0 Å². The predicted molar refractivity (Wildman–Crippen MR) is 211 cm³/mol. The molecule has 1 N–H and O–H groups in total. The van der Waals surface area contributed by atoms with Gasteiger partial charge in [-0.1, -0.05) is 140 Å². The van der Waals surface area contributed by atoms with Crippen molar-refractivity contribution in [1.82, 2.24) is 5.32 Å². The van der Waals surface area contributed by atoms with Crippen molar-refractivity contribution in [2.75, 3.05) is 0 Å². The summed E-state index contributed by atoms with van der Waals surface area (Å²) in [6, 6.07) is 61.7. The van der Waals surface area contributed by atoms with Crippen LogP contribution in [0, 0.1) is 0 Å². The van der Waals surface area contributed by atoms with Gasteiger partial charge in [0.15, 0.2) is 5.84 Å². The second-order valence-corrected chi connectivity index (χ2v) is 13.0. The summed E-state index contributed by atoms with van der Waals surface area (Å²) >= 11 is 0. The number of nitrogens with zero attached hydrogens (tertiary/aromatic N) is 2. The zero-order valence-corrected chi connectivity index (χ0v) is 27.6. The maximum atomic E-state index is 6.61. The topological polar surface area (TPSA) is 49.9 Å². The van der Waals surface area contributed by atoms with Crippen molar-refractivity contribution < 1.29 is 4.42 Å². The minimum Gasteiger partial charge on any atom is -0.455 e. The highest BCUT2D eigenvalue weighted by Crippen LogP contribution is 2.39. The van der Waals surface area contributed by atoms with E-state index in [-0.39, 0.29) is 6.17 Å². The number of benzene rings is 8. The summed E-state index contributed by atoms with van der Waals surface area (Å²) in [5.41, 5.74) is 9.23. The molecule has 0 saturated carbocycles. The smallest absolute Gasteiger partial charge is 0.160 e. The zero-order chi connectivity index (χ0) is 33.7. The van der Waals surface area contributed by atoms with E-state index in [4.69, 9.17) is 14.4 Å². The van der Waals surface area contributed by atoms with Gasteiger partial charge in [0, 0.05) is 27.5 Å². The van der Waals surface area contributed by atoms with Crippen LogP contribution in [0.2, 0.25) is 0 Å². The van der Waals surface area contributed by atoms with Gasteiger partial charge in [-0.3, -0.25) is 0 Å². The second kappa shape index (κ2) is 12.0. The molecule has 10 rings (SSSR count). The molecule has 0 radical (unpaired) electrons. The van der Waals surface area contributed by atoms with Crippen molar-refractivity contribution in [3.05, 3.63) is 193 Å². The van der Waals surface area contributed by atoms with Crippen molar-refractivity contribution in [2.45, 2.75) is 6.17 Å². The van der Waals surface area contributed by atoms with Gasteiger partial charge in [0.1, 0.15) is 23.2 Å². The first-order valence-electron chi connectivity index (χ1n) is 17.3. The molecule has 51 heavy (non-hydrogen) atoms. The highest BCUT2D eigenvalue weighted by Gasteiger charge is 2.25. The summed E-state index contributed by atoms with van der Waals surface area (Å²) in [6.07, 6.45) is -0.352. The van der Waals surface area contributed by atoms with E-state index < -0.39 is 0 Å². The van der Waals surface area contributed by atoms with E-state index >= 15 is 0 Å². The van der Waals surface area contributed by atoms with Crippen molar-refractivity contribution in [3.8, 4) is 22.3 Å². The Bertz CT molecular complexity index is 2830. The summed E-state index contributed by atoms with van der Waals surface area (Å²) in [4.78, 5) is 10.6. The molecule has 2 heterocycles. The van der Waals surface area contributed by atoms with Gasteiger partial charge < -0.3 is 9.73 Å². The van der Waals surface area contributed by atoms with Gasteiger partial charge in [-0.25, -0.2) is 9.98 Å². The fraction of sp³-hybridized carbons (Fsp3) is 0.0213. The van der Waals surface area contributed by atoms with E-state index in [2.05, 4.69) is 163 Å². The Morgan fingerprint density at radius 3 is 1.92 bits per heavy atom. The third-order valence-corrected chi connectivity index (χ3v) is 9.90. The van der Waals surface area contributed by atoms with Crippen molar-refractivity contribution in [1.29, 1.82) is 0 Å². The molecule has 1 aromatic heterocycles. The molecular formula is C47H31N3O. The van der Waals surface area contributed by atoms with E-state index in [0.717, 1.165) is 61.0 Å². The highest BCUT2D eigenvalue weighted by atomic mass is 16.3. The lowest BCUT2D eigenvalue weighted by Crippen LogP contribution is -2.33. The van der Waals surface area contributed by atoms with Gasteiger partial charge >= 0.3 is 0 Å². The molecule has 0 bridgehead atoms. The fourth-order valence-corrected chi connectivity index (χ4v) is 7.33. The monoisotopic (exact) mass is 653 g/mol. The number of rotatable bonds is 5. The Hall–Kier alpha value is -6.78. The standard InChI is InChI=1S/C47H31N3O/c1-3-11-30(12-4-1)34-20-21-36-29-38(24-22-35(36)27-34)46-48-45(37-23-19-31-13-7-8-16-33(31)28-37)49-47(50-46)41-26-25-39(32-14-5-2-6-15-32)44-43(41)40-17-9-10-18-42(40)51-44/h1-29,45H,(H,48,49,50). The summed E-state index contributed by atoms with van der Waals surface area (Å²) in [5.74, 6) is 1.44. The molecule has 0 aliphatic carbocycles. The maximum absolute atomic E-state index is 6.61. The molecule has 8 aromatic carbocycles. The highest BCUT2D eigenvalue weighted by molar-refractivity contribution is 6.23. The second-order valence-electron chi connectivity index (χ2n) is 13.0. The van der Waals surface area contributed by atoms with Crippen LogP contribution in [0.3, 0.4) is 0 Å². The van der Waals surface area contributed by atoms with Crippen LogP contribution in [-0.4, -0.2) is 11.7 Å². The Balaban J connectivity index is 1.15. The van der Waals surface area contributed by atoms with Crippen LogP contribution >= 0.6 is 0 Å². The largest absolute Gasteiger partial charge is 0.455 e. The van der Waals surface area contributed by atoms with E-state index in [0.29, 0.717) is 5.84 Å². The fourth-order valence-electron chi connectivity index (χ4n) is 7.33. The lowest BCUT2D eigenvalue weighted by molar-refractivity contribution is 0.669. The number of hydrogen-bond acceptors (Lipinski definition) is 4. The minimum absolute atomic E-state index is 0.352. The van der Waals surface area contributed by atoms with Gasteiger partial charge in [0.25, 0.3) is 0 Å². The quantitative estimate of drug-likeness (QED) is 0.201. The summed E-state index contributed by atoms with van der Waals surface area (Å²) in [5, 5.41) is 10.5. The summed E-state index contributed by atoms with van der Waals surface area (Å²) in [6.45, 7) is 0. The van der Waals surface area contributed by atoms with Crippen LogP contribution < -0.4 is 5.32 Å². The van der Waals surface area contributed by atoms with E-state index in [1.54, 1.807) is 0 Å². The molecule has 1 atom stereocenters. The van der Waals surface area contributed by atoms with Crippen LogP contribution in [0.1, 0.15) is 22.9 Å². The summed E-state index contributed by atoms with van der Waals surface area (Å²) in [7, 11) is 0. The first-order valence-corrected chi connectivity index (χ1v) is 17.3. The molecule has 4 heteroatoms. The molecule has 1 unspecified atom stereocenters. The molecule has 0 spiro atoms. The molecule has 0 saturated heterocycles. The van der Waals surface area contributed by atoms with Crippen molar-refractivity contribution in [3.63, 3.8) is 0 Å². The molecule has 4 nitrogen and oxygen atoms in total. The number of hydrogen-bond donors (Lipinski definition) is 1. The predicted octanol–water partition coefficient (Wildman–Crippen LogP) is 11.7. The Morgan fingerprint density at radius 1 is 0.471 bits per heavy atom. The molecule has 0 fully saturated rings. The number of para-hydroxylation sites is 1. The van der Waals surface area contributed by atoms with E-state index in [1.165, 1.54) is 27.3 Å². The number of nitrogens with one attached hydrogen (secondary N) is 1. The zero-order valence-electron chi connectivity index (χ0n) is 27.6. The van der Waals surface area contributed by atoms with Crippen molar-refractivity contribution >= 4 is 55.2 Å². The molecule has 1 aliphatic heterocycles. The van der Waals surface area contributed by atoms with Crippen molar-refractivity contribution in [2.24, 2.45) is 9.98 Å². The Morgan fingerprint density at radius 2 is 1.10 bits per heavy atom. The van der Waals surface area contributed by atoms with Gasteiger partial charge in [-0.2, -0.15) is 0 Å². The average Bonchev–Trinajstić information content (AvgIpc) is 3.60. The van der Waals surface area contributed by atoms with Crippen LogP contribution in [0.5, 0.6) is 0 Å². The Labute approximate surface area is 295 Å². The van der Waals surface area contributed by atoms with Gasteiger partial charge in [-0.05, 0) is 80.2 Å². The first kappa shape index (κ1) is 29.2. The molecule has 0 amide bonds. The summed E-state index contributed by atoms with van der Waals surface area (Å²) < 4.78 is 6.61. The Kier molecular flexibility index (Phi) is 6.85. The number of aliphatic imine (C=N–C) groups is 2. The van der Waals surface area contributed by atoms with E-state index in [9.17, 15) is 0 Å². The normalized spacial score (nSPS) is 14.5. The van der Waals surface area contributed by atoms with Gasteiger partial charge in [0.2, 0.25) is 0 Å². The van der Waals surface area contributed by atoms with Crippen LogP contribution in [-0.2, 0) is 0 Å². The third-order valence-electron chi connectivity index (χ3n) is 9.90. The molecule has 240 valence electrons. The number of furan rings is 1. The first-order chi connectivity index (χ1) is 25.2. The third kappa shape index (κ3) is 5.17. The van der Waals surface area contributed by atoms with Crippen LogP contribution in [0.15, 0.2) is 190 Å². The SMILES string of the molecule is c1ccc(-c2ccc3cc(C4=NC(c5ccc(-c6ccccc6)c6oc7ccccc7c56)=NC(c5ccc6ccccc6c5)N4)ccc3c2)cc1. The van der Waals surface area contributed by atoms with Crippen LogP contribution in [0.25, 0.3) is 65.7 Å².